The normalized spacial score (nSPS) is 14.8. The van der Waals surface area contributed by atoms with Gasteiger partial charge in [-0.3, -0.25) is 0 Å². The molecule has 0 aliphatic carbocycles. The standard InChI is InChI=1S/C15H16N2O2S/c18-13-5-6-14(12-4-2-1-3-11(12)13)20-10-9-17-8-7-16-15(17)19/h1-6,18H,7-10H2,(H,16,19). The lowest BCUT2D eigenvalue weighted by molar-refractivity contribution is 0.220. The Balaban J connectivity index is 1.71. The van der Waals surface area contributed by atoms with Gasteiger partial charge in [0.05, 0.1) is 0 Å². The summed E-state index contributed by atoms with van der Waals surface area (Å²) >= 11 is 1.71. The molecule has 104 valence electrons. The molecule has 2 aromatic rings. The molecule has 2 amide bonds. The number of carbonyl (C=O) groups excluding carboxylic acids is 1. The van der Waals surface area contributed by atoms with Crippen LogP contribution in [0.2, 0.25) is 0 Å². The molecule has 1 fully saturated rings. The van der Waals surface area contributed by atoms with Crippen molar-refractivity contribution in [3.05, 3.63) is 36.4 Å². The summed E-state index contributed by atoms with van der Waals surface area (Å²) < 4.78 is 0. The van der Waals surface area contributed by atoms with Crippen LogP contribution in [-0.4, -0.2) is 41.4 Å². The summed E-state index contributed by atoms with van der Waals surface area (Å²) in [6, 6.07) is 11.5. The van der Waals surface area contributed by atoms with Crippen LogP contribution in [0.5, 0.6) is 5.75 Å². The molecule has 0 aromatic heterocycles. The highest BCUT2D eigenvalue weighted by Crippen LogP contribution is 2.33. The molecular formula is C15H16N2O2S. The van der Waals surface area contributed by atoms with Gasteiger partial charge < -0.3 is 15.3 Å². The largest absolute Gasteiger partial charge is 0.507 e. The average Bonchev–Trinajstić information content (AvgIpc) is 2.87. The van der Waals surface area contributed by atoms with Gasteiger partial charge >= 0.3 is 6.03 Å². The molecule has 0 radical (unpaired) electrons. The summed E-state index contributed by atoms with van der Waals surface area (Å²) in [6.45, 7) is 2.27. The van der Waals surface area contributed by atoms with Gasteiger partial charge in [-0.1, -0.05) is 24.3 Å². The second-order valence-electron chi connectivity index (χ2n) is 4.70. The molecule has 2 N–H and O–H groups in total. The molecule has 1 saturated heterocycles. The molecule has 4 nitrogen and oxygen atoms in total. The summed E-state index contributed by atoms with van der Waals surface area (Å²) in [5, 5.41) is 14.6. The van der Waals surface area contributed by atoms with E-state index >= 15 is 0 Å². The number of amides is 2. The molecule has 0 atom stereocenters. The van der Waals surface area contributed by atoms with Gasteiger partial charge in [0.25, 0.3) is 0 Å². The number of nitrogens with one attached hydrogen (secondary N) is 1. The van der Waals surface area contributed by atoms with Crippen LogP contribution in [0.1, 0.15) is 0 Å². The number of aromatic hydroxyl groups is 1. The van der Waals surface area contributed by atoms with Crippen molar-refractivity contribution in [2.45, 2.75) is 4.90 Å². The summed E-state index contributed by atoms with van der Waals surface area (Å²) in [5.41, 5.74) is 0. The molecule has 3 rings (SSSR count). The lowest BCUT2D eigenvalue weighted by Gasteiger charge is -2.14. The van der Waals surface area contributed by atoms with E-state index in [-0.39, 0.29) is 6.03 Å². The predicted octanol–water partition coefficient (Wildman–Crippen LogP) is 2.66. The molecule has 2 aromatic carbocycles. The molecule has 5 heteroatoms. The maximum Gasteiger partial charge on any atom is 0.317 e. The van der Waals surface area contributed by atoms with E-state index in [0.29, 0.717) is 5.75 Å². The molecule has 0 unspecified atom stereocenters. The molecule has 1 heterocycles. The lowest BCUT2D eigenvalue weighted by atomic mass is 10.1. The zero-order valence-electron chi connectivity index (χ0n) is 11.0. The number of benzene rings is 2. The van der Waals surface area contributed by atoms with Crippen LogP contribution >= 0.6 is 11.8 Å². The van der Waals surface area contributed by atoms with Crippen LogP contribution in [0.25, 0.3) is 10.8 Å². The van der Waals surface area contributed by atoms with Crippen LogP contribution in [0, 0.1) is 0 Å². The first-order valence-corrected chi connectivity index (χ1v) is 7.60. The highest BCUT2D eigenvalue weighted by atomic mass is 32.2. The van der Waals surface area contributed by atoms with Crippen molar-refractivity contribution in [2.24, 2.45) is 0 Å². The van der Waals surface area contributed by atoms with Crippen molar-refractivity contribution in [2.75, 3.05) is 25.4 Å². The number of hydrogen-bond donors (Lipinski definition) is 2. The van der Waals surface area contributed by atoms with Crippen molar-refractivity contribution in [1.29, 1.82) is 0 Å². The van der Waals surface area contributed by atoms with E-state index < -0.39 is 0 Å². The quantitative estimate of drug-likeness (QED) is 0.850. The fourth-order valence-electron chi connectivity index (χ4n) is 2.37. The van der Waals surface area contributed by atoms with Crippen LogP contribution in [0.4, 0.5) is 4.79 Å². The Morgan fingerprint density at radius 2 is 2.00 bits per heavy atom. The Bertz CT molecular complexity index is 645. The number of thioether (sulfide) groups is 1. The molecular weight excluding hydrogens is 272 g/mol. The SMILES string of the molecule is O=C1NCCN1CCSc1ccc(O)c2ccccc12. The number of phenolic OH excluding ortho intramolecular Hbond substituents is 1. The van der Waals surface area contributed by atoms with Gasteiger partial charge in [-0.2, -0.15) is 0 Å². The van der Waals surface area contributed by atoms with Gasteiger partial charge in [-0.25, -0.2) is 4.79 Å². The Labute approximate surface area is 121 Å². The summed E-state index contributed by atoms with van der Waals surface area (Å²) in [6.07, 6.45) is 0. The highest BCUT2D eigenvalue weighted by molar-refractivity contribution is 7.99. The number of phenols is 1. The van der Waals surface area contributed by atoms with Gasteiger partial charge in [0.1, 0.15) is 5.75 Å². The number of carbonyl (C=O) groups is 1. The topological polar surface area (TPSA) is 52.6 Å². The van der Waals surface area contributed by atoms with E-state index in [0.717, 1.165) is 41.1 Å². The average molecular weight is 288 g/mol. The molecule has 0 saturated carbocycles. The zero-order valence-corrected chi connectivity index (χ0v) is 11.8. The lowest BCUT2D eigenvalue weighted by Crippen LogP contribution is -2.30. The summed E-state index contributed by atoms with van der Waals surface area (Å²) in [4.78, 5) is 14.4. The number of fused-ring (bicyclic) bond motifs is 1. The predicted molar refractivity (Wildman–Crippen MR) is 81.3 cm³/mol. The van der Waals surface area contributed by atoms with E-state index in [9.17, 15) is 9.90 Å². The number of nitrogens with zero attached hydrogens (tertiary/aromatic N) is 1. The van der Waals surface area contributed by atoms with Crippen LogP contribution in [0.3, 0.4) is 0 Å². The number of rotatable bonds is 4. The van der Waals surface area contributed by atoms with Crippen LogP contribution < -0.4 is 5.32 Å². The fraction of sp³-hybridized carbons (Fsp3) is 0.267. The molecule has 0 spiro atoms. The van der Waals surface area contributed by atoms with Crippen LogP contribution in [0.15, 0.2) is 41.3 Å². The Hall–Kier alpha value is -1.88. The molecule has 1 aliphatic heterocycles. The molecule has 20 heavy (non-hydrogen) atoms. The van der Waals surface area contributed by atoms with Gasteiger partial charge in [0.2, 0.25) is 0 Å². The third-order valence-electron chi connectivity index (χ3n) is 3.42. The van der Waals surface area contributed by atoms with E-state index in [1.54, 1.807) is 17.8 Å². The summed E-state index contributed by atoms with van der Waals surface area (Å²) in [5.74, 6) is 1.16. The van der Waals surface area contributed by atoms with Gasteiger partial charge in [-0.15, -0.1) is 11.8 Å². The van der Waals surface area contributed by atoms with Gasteiger partial charge in [0, 0.05) is 35.7 Å². The Morgan fingerprint density at radius 3 is 2.75 bits per heavy atom. The van der Waals surface area contributed by atoms with Crippen molar-refractivity contribution < 1.29 is 9.90 Å². The minimum absolute atomic E-state index is 0.0289. The van der Waals surface area contributed by atoms with Gasteiger partial charge in [-0.05, 0) is 17.5 Å². The first-order chi connectivity index (χ1) is 9.75. The summed E-state index contributed by atoms with van der Waals surface area (Å²) in [7, 11) is 0. The van der Waals surface area contributed by atoms with E-state index in [2.05, 4.69) is 5.32 Å². The zero-order chi connectivity index (χ0) is 13.9. The maximum absolute atomic E-state index is 11.4. The first-order valence-electron chi connectivity index (χ1n) is 6.62. The van der Waals surface area contributed by atoms with Crippen molar-refractivity contribution in [3.63, 3.8) is 0 Å². The highest BCUT2D eigenvalue weighted by Gasteiger charge is 2.18. The third kappa shape index (κ3) is 2.54. The Morgan fingerprint density at radius 1 is 1.20 bits per heavy atom. The van der Waals surface area contributed by atoms with Crippen molar-refractivity contribution >= 4 is 28.6 Å². The third-order valence-corrected chi connectivity index (χ3v) is 4.48. The maximum atomic E-state index is 11.4. The second kappa shape index (κ2) is 5.63. The monoisotopic (exact) mass is 288 g/mol. The molecule has 0 bridgehead atoms. The van der Waals surface area contributed by atoms with E-state index in [1.807, 2.05) is 35.2 Å². The number of hydrogen-bond acceptors (Lipinski definition) is 3. The van der Waals surface area contributed by atoms with Gasteiger partial charge in [0.15, 0.2) is 0 Å². The smallest absolute Gasteiger partial charge is 0.317 e. The second-order valence-corrected chi connectivity index (χ2v) is 5.83. The Kier molecular flexibility index (Phi) is 3.69. The minimum atomic E-state index is 0.0289. The first kappa shape index (κ1) is 13.1. The number of urea groups is 1. The van der Waals surface area contributed by atoms with E-state index in [1.165, 1.54) is 0 Å². The van der Waals surface area contributed by atoms with E-state index in [4.69, 9.17) is 0 Å². The van der Waals surface area contributed by atoms with Crippen molar-refractivity contribution in [3.8, 4) is 5.75 Å². The molecule has 1 aliphatic rings. The fourth-order valence-corrected chi connectivity index (χ4v) is 3.40. The minimum Gasteiger partial charge on any atom is -0.507 e. The van der Waals surface area contributed by atoms with Crippen molar-refractivity contribution in [1.82, 2.24) is 10.2 Å². The van der Waals surface area contributed by atoms with Crippen LogP contribution in [-0.2, 0) is 0 Å².